The van der Waals surface area contributed by atoms with Crippen LogP contribution in [0.3, 0.4) is 0 Å². The maximum atomic E-state index is 11.6. The molecule has 156 valence electrons. The summed E-state index contributed by atoms with van der Waals surface area (Å²) in [5.74, 6) is -1.31. The van der Waals surface area contributed by atoms with E-state index in [0.717, 1.165) is 12.2 Å². The Labute approximate surface area is 175 Å². The molecule has 0 aromatic rings. The first-order valence-corrected chi connectivity index (χ1v) is 10.6. The third-order valence-corrected chi connectivity index (χ3v) is 5.43. The molecule has 0 aliphatic heterocycles. The molecule has 2 atom stereocenters. The Bertz CT molecular complexity index is 535. The first-order chi connectivity index (χ1) is 13.3. The molecule has 0 aliphatic rings. The van der Waals surface area contributed by atoms with Crippen molar-refractivity contribution in [2.24, 2.45) is 0 Å². The summed E-state index contributed by atoms with van der Waals surface area (Å²) in [6, 6.07) is 0. The molecule has 0 N–H and O–H groups in total. The number of carbonyl (C=O) groups excluding carboxylic acids is 4. The van der Waals surface area contributed by atoms with Crippen LogP contribution in [0.5, 0.6) is 0 Å². The van der Waals surface area contributed by atoms with Crippen LogP contribution in [0.15, 0.2) is 37.5 Å². The van der Waals surface area contributed by atoms with E-state index >= 15 is 0 Å². The van der Waals surface area contributed by atoms with Crippen molar-refractivity contribution in [1.82, 2.24) is 0 Å². The second-order valence-electron chi connectivity index (χ2n) is 5.76. The van der Waals surface area contributed by atoms with E-state index in [9.17, 15) is 19.2 Å². The van der Waals surface area contributed by atoms with Crippen LogP contribution in [0, 0.1) is 0 Å². The van der Waals surface area contributed by atoms with Crippen LogP contribution < -0.4 is 0 Å². The van der Waals surface area contributed by atoms with E-state index in [1.807, 2.05) is 0 Å². The summed E-state index contributed by atoms with van der Waals surface area (Å²) in [4.78, 5) is 45.6. The second kappa shape index (κ2) is 16.2. The van der Waals surface area contributed by atoms with Gasteiger partial charge in [0.25, 0.3) is 0 Å². The number of rotatable bonds is 14. The highest BCUT2D eigenvalue weighted by Gasteiger charge is 2.13. The van der Waals surface area contributed by atoms with E-state index in [4.69, 9.17) is 9.47 Å². The fraction of sp³-hybridized carbons (Fsp3) is 0.500. The smallest absolute Gasteiger partial charge is 0.331 e. The molecule has 6 nitrogen and oxygen atoms in total. The molecule has 0 aromatic heterocycles. The monoisotopic (exact) mass is 428 g/mol. The fourth-order valence-corrected chi connectivity index (χ4v) is 3.94. The summed E-state index contributed by atoms with van der Waals surface area (Å²) in [6.45, 7) is 10.5. The number of hydrogen-bond acceptors (Lipinski definition) is 8. The summed E-state index contributed by atoms with van der Waals surface area (Å²) >= 11 is 2.38. The molecule has 2 unspecified atom stereocenters. The molecule has 0 aliphatic carbocycles. The molecule has 0 fully saturated rings. The Hall–Kier alpha value is -1.80. The van der Waals surface area contributed by atoms with Crippen molar-refractivity contribution in [2.45, 2.75) is 50.0 Å². The lowest BCUT2D eigenvalue weighted by Gasteiger charge is -2.12. The number of allylic oxidation sites excluding steroid dienone is 2. The third-order valence-electron chi connectivity index (χ3n) is 3.25. The molecule has 0 saturated carbocycles. The lowest BCUT2D eigenvalue weighted by molar-refractivity contribution is -0.140. The van der Waals surface area contributed by atoms with Crippen molar-refractivity contribution < 1.29 is 28.7 Å². The van der Waals surface area contributed by atoms with Gasteiger partial charge in [0.1, 0.15) is 0 Å². The fourth-order valence-electron chi connectivity index (χ4n) is 2.11. The van der Waals surface area contributed by atoms with Gasteiger partial charge in [-0.15, -0.1) is 13.2 Å². The number of esters is 2. The van der Waals surface area contributed by atoms with Gasteiger partial charge >= 0.3 is 11.9 Å². The summed E-state index contributed by atoms with van der Waals surface area (Å²) in [5.41, 5.74) is 0. The van der Waals surface area contributed by atoms with Gasteiger partial charge in [0.15, 0.2) is 10.2 Å². The van der Waals surface area contributed by atoms with Crippen LogP contribution in [-0.2, 0) is 28.7 Å². The predicted molar refractivity (Wildman–Crippen MR) is 114 cm³/mol. The molecule has 28 heavy (non-hydrogen) atoms. The van der Waals surface area contributed by atoms with E-state index in [1.165, 1.54) is 37.4 Å². The molecular weight excluding hydrogens is 400 g/mol. The minimum absolute atomic E-state index is 0.00199. The predicted octanol–water partition coefficient (Wildman–Crippen LogP) is 3.86. The molecule has 0 saturated heterocycles. The van der Waals surface area contributed by atoms with Gasteiger partial charge in [0, 0.05) is 36.5 Å². The SMILES string of the molecule is C=CCC(CCOC(=O)/C=C\C(=O)OCCC(CC=C)SC(C)=O)SC(C)=O. The molecule has 0 heterocycles. The highest BCUT2D eigenvalue weighted by molar-refractivity contribution is 8.14. The third kappa shape index (κ3) is 15.3. The Kier molecular flexibility index (Phi) is 15.1. The molecule has 0 amide bonds. The molecule has 0 spiro atoms. The topological polar surface area (TPSA) is 86.7 Å². The maximum Gasteiger partial charge on any atom is 0.331 e. The van der Waals surface area contributed by atoms with Gasteiger partial charge in [-0.25, -0.2) is 9.59 Å². The maximum absolute atomic E-state index is 11.6. The zero-order valence-corrected chi connectivity index (χ0v) is 18.0. The van der Waals surface area contributed by atoms with Crippen LogP contribution in [0.1, 0.15) is 39.5 Å². The zero-order valence-electron chi connectivity index (χ0n) is 16.4. The Morgan fingerprint density at radius 1 is 0.786 bits per heavy atom. The quantitative estimate of drug-likeness (QED) is 0.234. The van der Waals surface area contributed by atoms with E-state index in [2.05, 4.69) is 13.2 Å². The van der Waals surface area contributed by atoms with E-state index in [-0.39, 0.29) is 33.9 Å². The summed E-state index contributed by atoms with van der Waals surface area (Å²) < 4.78 is 10.0. The number of hydrogen-bond donors (Lipinski definition) is 0. The van der Waals surface area contributed by atoms with Crippen LogP contribution >= 0.6 is 23.5 Å². The molecule has 0 bridgehead atoms. The van der Waals surface area contributed by atoms with Crippen molar-refractivity contribution in [3.8, 4) is 0 Å². The molecule has 0 aromatic carbocycles. The molecule has 8 heteroatoms. The Balaban J connectivity index is 4.16. The number of ether oxygens (including phenoxy) is 2. The van der Waals surface area contributed by atoms with E-state index in [1.54, 1.807) is 12.2 Å². The van der Waals surface area contributed by atoms with Crippen LogP contribution in [0.2, 0.25) is 0 Å². The van der Waals surface area contributed by atoms with Crippen molar-refractivity contribution >= 4 is 45.7 Å². The minimum Gasteiger partial charge on any atom is -0.462 e. The lowest BCUT2D eigenvalue weighted by Crippen LogP contribution is -2.12. The first-order valence-electron chi connectivity index (χ1n) is 8.86. The van der Waals surface area contributed by atoms with Gasteiger partial charge < -0.3 is 9.47 Å². The zero-order chi connectivity index (χ0) is 21.4. The van der Waals surface area contributed by atoms with Crippen molar-refractivity contribution in [3.05, 3.63) is 37.5 Å². The number of carbonyl (C=O) groups is 4. The molecule has 0 radical (unpaired) electrons. The highest BCUT2D eigenvalue weighted by atomic mass is 32.2. The lowest BCUT2D eigenvalue weighted by atomic mass is 10.2. The van der Waals surface area contributed by atoms with Gasteiger partial charge in [-0.1, -0.05) is 35.7 Å². The summed E-state index contributed by atoms with van der Waals surface area (Å²) in [6.07, 6.45) is 7.75. The molecular formula is C20H28O6S2. The summed E-state index contributed by atoms with van der Waals surface area (Å²) in [7, 11) is 0. The molecule has 0 rings (SSSR count). The highest BCUT2D eigenvalue weighted by Crippen LogP contribution is 2.20. The van der Waals surface area contributed by atoms with Gasteiger partial charge in [-0.3, -0.25) is 9.59 Å². The first kappa shape index (κ1) is 26.2. The summed E-state index contributed by atoms with van der Waals surface area (Å²) in [5, 5.41) is 0.0111. The van der Waals surface area contributed by atoms with E-state index in [0.29, 0.717) is 25.7 Å². The van der Waals surface area contributed by atoms with Crippen LogP contribution in [0.25, 0.3) is 0 Å². The van der Waals surface area contributed by atoms with Gasteiger partial charge in [-0.2, -0.15) is 0 Å². The van der Waals surface area contributed by atoms with Gasteiger partial charge in [0.05, 0.1) is 13.2 Å². The van der Waals surface area contributed by atoms with Crippen molar-refractivity contribution in [1.29, 1.82) is 0 Å². The standard InChI is InChI=1S/C20H28O6S2/c1-5-7-17(27-15(3)21)11-13-25-19(23)9-10-20(24)26-14-12-18(8-6-2)28-16(4)22/h5-6,9-10,17-18H,1-2,7-8,11-14H2,3-4H3/b10-9-. The Morgan fingerprint density at radius 3 is 1.43 bits per heavy atom. The largest absolute Gasteiger partial charge is 0.462 e. The average molecular weight is 429 g/mol. The van der Waals surface area contributed by atoms with Crippen molar-refractivity contribution in [3.63, 3.8) is 0 Å². The minimum atomic E-state index is -0.654. The Morgan fingerprint density at radius 2 is 1.14 bits per heavy atom. The van der Waals surface area contributed by atoms with E-state index < -0.39 is 11.9 Å². The van der Waals surface area contributed by atoms with Gasteiger partial charge in [0.2, 0.25) is 0 Å². The van der Waals surface area contributed by atoms with Crippen LogP contribution in [0.4, 0.5) is 0 Å². The number of thioether (sulfide) groups is 2. The average Bonchev–Trinajstić information content (AvgIpc) is 2.59. The van der Waals surface area contributed by atoms with Crippen molar-refractivity contribution in [2.75, 3.05) is 13.2 Å². The van der Waals surface area contributed by atoms with Gasteiger partial charge in [-0.05, 0) is 25.7 Å². The second-order valence-corrected chi connectivity index (χ2v) is 8.71. The normalized spacial score (nSPS) is 12.8. The van der Waals surface area contributed by atoms with Crippen LogP contribution in [-0.4, -0.2) is 45.9 Å².